The number of thiazole rings is 1. The van der Waals surface area contributed by atoms with Gasteiger partial charge < -0.3 is 9.47 Å². The predicted octanol–water partition coefficient (Wildman–Crippen LogP) is 2.89. The van der Waals surface area contributed by atoms with Gasteiger partial charge in [0.1, 0.15) is 10.8 Å². The van der Waals surface area contributed by atoms with Crippen molar-refractivity contribution in [3.63, 3.8) is 0 Å². The highest BCUT2D eigenvalue weighted by molar-refractivity contribution is 7.09. The van der Waals surface area contributed by atoms with Crippen molar-refractivity contribution < 1.29 is 19.1 Å². The molecular formula is C18H16N2O4S. The number of ether oxygens (including phenoxy) is 2. The second kappa shape index (κ2) is 8.76. The largest absolute Gasteiger partial charge is 0.497 e. The van der Waals surface area contributed by atoms with Crippen LogP contribution in [0.4, 0.5) is 0 Å². The number of carbonyl (C=O) groups is 2. The van der Waals surface area contributed by atoms with Gasteiger partial charge in [-0.2, -0.15) is 5.26 Å². The van der Waals surface area contributed by atoms with E-state index in [2.05, 4.69) is 4.98 Å². The molecule has 0 radical (unpaired) electrons. The molecule has 0 fully saturated rings. The van der Waals surface area contributed by atoms with Crippen molar-refractivity contribution in [2.75, 3.05) is 13.7 Å². The fourth-order valence-electron chi connectivity index (χ4n) is 1.95. The molecule has 0 saturated carbocycles. The zero-order valence-corrected chi connectivity index (χ0v) is 14.6. The molecule has 1 aromatic heterocycles. The first kappa shape index (κ1) is 18.4. The summed E-state index contributed by atoms with van der Waals surface area (Å²) >= 11 is 1.24. The van der Waals surface area contributed by atoms with E-state index in [1.54, 1.807) is 49.8 Å². The summed E-state index contributed by atoms with van der Waals surface area (Å²) in [6.45, 7) is 1.31. The minimum atomic E-state index is -1.02. The summed E-state index contributed by atoms with van der Waals surface area (Å²) in [5.74, 6) is -1.52. The third-order valence-corrected chi connectivity index (χ3v) is 4.22. The molecule has 0 unspecified atom stereocenters. The molecule has 0 bridgehead atoms. The lowest BCUT2D eigenvalue weighted by molar-refractivity contribution is -0.143. The third-order valence-electron chi connectivity index (χ3n) is 3.20. The summed E-state index contributed by atoms with van der Waals surface area (Å²) in [6.07, 6.45) is 2.78. The average molecular weight is 356 g/mol. The molecular weight excluding hydrogens is 340 g/mol. The lowest BCUT2D eigenvalue weighted by Gasteiger charge is -2.05. The highest BCUT2D eigenvalue weighted by Crippen LogP contribution is 2.20. The maximum atomic E-state index is 12.1. The molecule has 0 N–H and O–H groups in total. The minimum Gasteiger partial charge on any atom is -0.497 e. The molecule has 6 nitrogen and oxygen atoms in total. The van der Waals surface area contributed by atoms with Gasteiger partial charge in [-0.1, -0.05) is 12.1 Å². The van der Waals surface area contributed by atoms with Gasteiger partial charge in [0.15, 0.2) is 18.3 Å². The van der Waals surface area contributed by atoms with Gasteiger partial charge >= 0.3 is 5.97 Å². The number of aryl methyl sites for hydroxylation is 1. The lowest BCUT2D eigenvalue weighted by atomic mass is 10.1. The molecule has 0 spiro atoms. The minimum absolute atomic E-state index is 0.410. The molecule has 0 aliphatic heterocycles. The predicted molar refractivity (Wildman–Crippen MR) is 93.2 cm³/mol. The summed E-state index contributed by atoms with van der Waals surface area (Å²) in [5, 5.41) is 11.3. The van der Waals surface area contributed by atoms with Gasteiger partial charge in [-0.15, -0.1) is 11.3 Å². The number of esters is 1. The lowest BCUT2D eigenvalue weighted by Crippen LogP contribution is -2.19. The number of Topliss-reactive ketones (excluding diaryl/α,β-unsaturated/α-hetero) is 1. The summed E-state index contributed by atoms with van der Waals surface area (Å²) in [5.41, 5.74) is 1.50. The summed E-state index contributed by atoms with van der Waals surface area (Å²) in [6, 6.07) is 9.04. The van der Waals surface area contributed by atoms with Gasteiger partial charge in [0.2, 0.25) is 0 Å². The van der Waals surface area contributed by atoms with E-state index in [4.69, 9.17) is 14.7 Å². The maximum absolute atomic E-state index is 12.1. The Bertz CT molecular complexity index is 836. The number of methoxy groups -OCH3 is 1. The SMILES string of the molecule is COc1cccc(/C=C/C(=O)OCC(=O)[C@H](C#N)c2nc(C)cs2)c1. The number of nitrogens with zero attached hydrogens (tertiary/aromatic N) is 2. The van der Waals surface area contributed by atoms with Crippen LogP contribution in [0.3, 0.4) is 0 Å². The standard InChI is InChI=1S/C18H16N2O4S/c1-12-11-25-18(20-12)15(9-19)16(21)10-24-17(22)7-6-13-4-3-5-14(8-13)23-2/h3-8,11,15H,10H2,1-2H3/b7-6+/t15-/m0/s1. The van der Waals surface area contributed by atoms with E-state index in [0.717, 1.165) is 11.3 Å². The monoisotopic (exact) mass is 356 g/mol. The molecule has 1 atom stereocenters. The van der Waals surface area contributed by atoms with E-state index in [-0.39, 0.29) is 0 Å². The zero-order valence-electron chi connectivity index (χ0n) is 13.8. The first-order chi connectivity index (χ1) is 12.0. The molecule has 0 amide bonds. The fraction of sp³-hybridized carbons (Fsp3) is 0.222. The van der Waals surface area contributed by atoms with Crippen LogP contribution >= 0.6 is 11.3 Å². The van der Waals surface area contributed by atoms with E-state index >= 15 is 0 Å². The summed E-state index contributed by atoms with van der Waals surface area (Å²) in [4.78, 5) is 27.9. The van der Waals surface area contributed by atoms with E-state index in [1.807, 2.05) is 6.07 Å². The number of ketones is 1. The summed E-state index contributed by atoms with van der Waals surface area (Å²) < 4.78 is 10.0. The van der Waals surface area contributed by atoms with Crippen LogP contribution < -0.4 is 4.74 Å². The fourth-order valence-corrected chi connectivity index (χ4v) is 2.81. The van der Waals surface area contributed by atoms with E-state index in [0.29, 0.717) is 10.8 Å². The van der Waals surface area contributed by atoms with Crippen molar-refractivity contribution in [2.45, 2.75) is 12.8 Å². The first-order valence-corrected chi connectivity index (χ1v) is 8.24. The summed E-state index contributed by atoms with van der Waals surface area (Å²) in [7, 11) is 1.55. The average Bonchev–Trinajstić information content (AvgIpc) is 3.05. The van der Waals surface area contributed by atoms with Crippen LogP contribution in [0.25, 0.3) is 6.08 Å². The smallest absolute Gasteiger partial charge is 0.331 e. The molecule has 0 aliphatic carbocycles. The Hall–Kier alpha value is -2.98. The Kier molecular flexibility index (Phi) is 6.43. The van der Waals surface area contributed by atoms with Gasteiger partial charge in [-0.05, 0) is 30.7 Å². The highest BCUT2D eigenvalue weighted by atomic mass is 32.1. The molecule has 1 heterocycles. The zero-order chi connectivity index (χ0) is 18.2. The third kappa shape index (κ3) is 5.26. The Morgan fingerprint density at radius 1 is 1.44 bits per heavy atom. The molecule has 25 heavy (non-hydrogen) atoms. The van der Waals surface area contributed by atoms with Crippen LogP contribution in [0, 0.1) is 18.3 Å². The van der Waals surface area contributed by atoms with Crippen molar-refractivity contribution >= 4 is 29.2 Å². The number of aromatic nitrogens is 1. The highest BCUT2D eigenvalue weighted by Gasteiger charge is 2.24. The molecule has 1 aromatic carbocycles. The van der Waals surface area contributed by atoms with Gasteiger partial charge in [-0.25, -0.2) is 9.78 Å². The van der Waals surface area contributed by atoms with Crippen LogP contribution in [0.15, 0.2) is 35.7 Å². The Morgan fingerprint density at radius 2 is 2.24 bits per heavy atom. The van der Waals surface area contributed by atoms with Crippen LogP contribution in [-0.4, -0.2) is 30.5 Å². The first-order valence-electron chi connectivity index (χ1n) is 7.36. The van der Waals surface area contributed by atoms with Gasteiger partial charge in [0, 0.05) is 17.2 Å². The molecule has 7 heteroatoms. The van der Waals surface area contributed by atoms with E-state index in [9.17, 15) is 9.59 Å². The normalized spacial score (nSPS) is 11.7. The molecule has 0 aliphatic rings. The van der Waals surface area contributed by atoms with Crippen LogP contribution in [0.5, 0.6) is 5.75 Å². The molecule has 2 rings (SSSR count). The molecule has 128 valence electrons. The number of hydrogen-bond donors (Lipinski definition) is 0. The van der Waals surface area contributed by atoms with Gasteiger partial charge in [0.05, 0.1) is 13.2 Å². The quantitative estimate of drug-likeness (QED) is 0.560. The molecule has 0 saturated heterocycles. The Morgan fingerprint density at radius 3 is 2.88 bits per heavy atom. The number of hydrogen-bond acceptors (Lipinski definition) is 7. The Labute approximate surface area is 149 Å². The second-order valence-corrected chi connectivity index (χ2v) is 5.96. The van der Waals surface area contributed by atoms with Crippen molar-refractivity contribution in [3.05, 3.63) is 52.0 Å². The second-order valence-electron chi connectivity index (χ2n) is 5.07. The van der Waals surface area contributed by atoms with Crippen LogP contribution in [0.2, 0.25) is 0 Å². The number of rotatable bonds is 7. The number of benzene rings is 1. The van der Waals surface area contributed by atoms with Crippen LogP contribution in [0.1, 0.15) is 22.2 Å². The van der Waals surface area contributed by atoms with Gasteiger partial charge in [-0.3, -0.25) is 4.79 Å². The van der Waals surface area contributed by atoms with Crippen molar-refractivity contribution in [3.8, 4) is 11.8 Å². The van der Waals surface area contributed by atoms with Crippen molar-refractivity contribution in [2.24, 2.45) is 0 Å². The topological polar surface area (TPSA) is 89.3 Å². The van der Waals surface area contributed by atoms with Crippen molar-refractivity contribution in [1.82, 2.24) is 4.98 Å². The van der Waals surface area contributed by atoms with Gasteiger partial charge in [0.25, 0.3) is 0 Å². The number of nitriles is 1. The number of carbonyl (C=O) groups excluding carboxylic acids is 2. The van der Waals surface area contributed by atoms with Crippen LogP contribution in [-0.2, 0) is 14.3 Å². The maximum Gasteiger partial charge on any atom is 0.331 e. The van der Waals surface area contributed by atoms with Crippen molar-refractivity contribution in [1.29, 1.82) is 5.26 Å². The van der Waals surface area contributed by atoms with E-state index in [1.165, 1.54) is 17.4 Å². The Balaban J connectivity index is 1.91. The van der Waals surface area contributed by atoms with E-state index < -0.39 is 24.3 Å². The molecule has 2 aromatic rings.